The minimum atomic E-state index is -1.18. The van der Waals surface area contributed by atoms with Gasteiger partial charge in [0, 0.05) is 39.1 Å². The standard InChI is InChI=1S/C12H21N3O4/c13-7-9-1-4-15(8-9)11(18)14-12(10(16)17)2-5-19-6-3-12/h9H,1-8,13H2,(H,14,18)(H,16,17). The summed E-state index contributed by atoms with van der Waals surface area (Å²) >= 11 is 0. The van der Waals surface area contributed by atoms with Crippen LogP contribution < -0.4 is 11.1 Å². The Balaban J connectivity index is 1.98. The van der Waals surface area contributed by atoms with Crippen molar-refractivity contribution in [2.24, 2.45) is 11.7 Å². The van der Waals surface area contributed by atoms with Crippen LogP contribution in [-0.2, 0) is 9.53 Å². The summed E-state index contributed by atoms with van der Waals surface area (Å²) in [5.41, 5.74) is 4.40. The highest BCUT2D eigenvalue weighted by Gasteiger charge is 2.43. The third kappa shape index (κ3) is 2.98. The first-order valence-electron chi connectivity index (χ1n) is 6.66. The minimum absolute atomic E-state index is 0.305. The number of carbonyl (C=O) groups excluding carboxylic acids is 1. The molecule has 0 radical (unpaired) electrons. The van der Waals surface area contributed by atoms with E-state index in [4.69, 9.17) is 10.5 Å². The topological polar surface area (TPSA) is 105 Å². The monoisotopic (exact) mass is 271 g/mol. The number of nitrogens with one attached hydrogen (secondary N) is 1. The molecule has 19 heavy (non-hydrogen) atoms. The number of likely N-dealkylation sites (tertiary alicyclic amines) is 1. The van der Waals surface area contributed by atoms with Crippen molar-refractivity contribution in [1.82, 2.24) is 10.2 Å². The Morgan fingerprint density at radius 1 is 1.42 bits per heavy atom. The van der Waals surface area contributed by atoms with Crippen molar-refractivity contribution in [1.29, 1.82) is 0 Å². The molecule has 1 atom stereocenters. The summed E-state index contributed by atoms with van der Waals surface area (Å²) in [6.07, 6.45) is 1.50. The second-order valence-corrected chi connectivity index (χ2v) is 5.27. The van der Waals surface area contributed by atoms with Crippen molar-refractivity contribution in [3.63, 3.8) is 0 Å². The Hall–Kier alpha value is -1.34. The molecule has 0 aromatic rings. The first-order valence-corrected chi connectivity index (χ1v) is 6.66. The van der Waals surface area contributed by atoms with E-state index in [1.54, 1.807) is 4.90 Å². The number of aliphatic carboxylic acids is 1. The fourth-order valence-corrected chi connectivity index (χ4v) is 2.61. The third-order valence-electron chi connectivity index (χ3n) is 4.01. The van der Waals surface area contributed by atoms with Gasteiger partial charge in [0.2, 0.25) is 0 Å². The van der Waals surface area contributed by atoms with E-state index in [0.717, 1.165) is 6.42 Å². The van der Waals surface area contributed by atoms with Crippen LogP contribution in [0.4, 0.5) is 4.79 Å². The highest BCUT2D eigenvalue weighted by Crippen LogP contribution is 2.23. The number of carboxylic acid groups (broad SMARTS) is 1. The molecular weight excluding hydrogens is 250 g/mol. The van der Waals surface area contributed by atoms with E-state index >= 15 is 0 Å². The van der Waals surface area contributed by atoms with Crippen LogP contribution in [0.1, 0.15) is 19.3 Å². The normalized spacial score (nSPS) is 26.2. The summed E-state index contributed by atoms with van der Waals surface area (Å²) < 4.78 is 5.17. The van der Waals surface area contributed by atoms with Crippen molar-refractivity contribution in [3.8, 4) is 0 Å². The lowest BCUT2D eigenvalue weighted by Gasteiger charge is -2.35. The van der Waals surface area contributed by atoms with Gasteiger partial charge in [-0.2, -0.15) is 0 Å². The lowest BCUT2D eigenvalue weighted by atomic mass is 9.90. The van der Waals surface area contributed by atoms with Gasteiger partial charge in [0.05, 0.1) is 0 Å². The van der Waals surface area contributed by atoms with E-state index in [1.165, 1.54) is 0 Å². The molecule has 2 amide bonds. The van der Waals surface area contributed by atoms with Crippen LogP contribution in [0.5, 0.6) is 0 Å². The van der Waals surface area contributed by atoms with Crippen LogP contribution in [0.2, 0.25) is 0 Å². The molecule has 2 fully saturated rings. The molecule has 0 bridgehead atoms. The molecule has 0 aliphatic carbocycles. The van der Waals surface area contributed by atoms with Gasteiger partial charge in [-0.1, -0.05) is 0 Å². The number of nitrogens with zero attached hydrogens (tertiary/aromatic N) is 1. The fraction of sp³-hybridized carbons (Fsp3) is 0.833. The number of amides is 2. The number of nitrogens with two attached hydrogens (primary N) is 1. The zero-order chi connectivity index (χ0) is 13.9. The molecule has 7 heteroatoms. The predicted octanol–water partition coefficient (Wildman–Crippen LogP) is -0.390. The van der Waals surface area contributed by atoms with E-state index in [2.05, 4.69) is 5.32 Å². The molecule has 2 rings (SSSR count). The van der Waals surface area contributed by atoms with Crippen molar-refractivity contribution in [2.75, 3.05) is 32.8 Å². The molecule has 0 aromatic heterocycles. The largest absolute Gasteiger partial charge is 0.480 e. The maximum absolute atomic E-state index is 12.2. The summed E-state index contributed by atoms with van der Waals surface area (Å²) in [6, 6.07) is -0.305. The van der Waals surface area contributed by atoms with Crippen molar-refractivity contribution < 1.29 is 19.4 Å². The van der Waals surface area contributed by atoms with E-state index in [0.29, 0.717) is 51.6 Å². The average Bonchev–Trinajstić information content (AvgIpc) is 2.88. The lowest BCUT2D eigenvalue weighted by Crippen LogP contribution is -2.60. The number of hydrogen-bond donors (Lipinski definition) is 3. The number of carbonyl (C=O) groups is 2. The van der Waals surface area contributed by atoms with E-state index in [-0.39, 0.29) is 6.03 Å². The lowest BCUT2D eigenvalue weighted by molar-refractivity contribution is -0.148. The molecule has 2 heterocycles. The van der Waals surface area contributed by atoms with Crippen LogP contribution in [0, 0.1) is 5.92 Å². The van der Waals surface area contributed by atoms with Crippen LogP contribution in [0.15, 0.2) is 0 Å². The van der Waals surface area contributed by atoms with Crippen LogP contribution >= 0.6 is 0 Å². The van der Waals surface area contributed by atoms with Gasteiger partial charge in [0.15, 0.2) is 0 Å². The second-order valence-electron chi connectivity index (χ2n) is 5.27. The summed E-state index contributed by atoms with van der Waals surface area (Å²) in [4.78, 5) is 25.2. The highest BCUT2D eigenvalue weighted by atomic mass is 16.5. The zero-order valence-corrected chi connectivity index (χ0v) is 10.9. The van der Waals surface area contributed by atoms with E-state index < -0.39 is 11.5 Å². The molecule has 108 valence electrons. The molecule has 2 saturated heterocycles. The van der Waals surface area contributed by atoms with Crippen LogP contribution in [0.3, 0.4) is 0 Å². The maximum Gasteiger partial charge on any atom is 0.329 e. The van der Waals surface area contributed by atoms with Gasteiger partial charge in [-0.05, 0) is 18.9 Å². The summed E-state index contributed by atoms with van der Waals surface area (Å²) in [5, 5.41) is 12.1. The van der Waals surface area contributed by atoms with Gasteiger partial charge in [-0.3, -0.25) is 0 Å². The van der Waals surface area contributed by atoms with Gasteiger partial charge >= 0.3 is 12.0 Å². The van der Waals surface area contributed by atoms with Crippen LogP contribution in [-0.4, -0.2) is 60.4 Å². The quantitative estimate of drug-likeness (QED) is 0.648. The molecule has 0 spiro atoms. The first-order chi connectivity index (χ1) is 9.07. The Morgan fingerprint density at radius 3 is 2.63 bits per heavy atom. The molecule has 1 unspecified atom stereocenters. The number of rotatable bonds is 3. The van der Waals surface area contributed by atoms with Gasteiger partial charge in [-0.15, -0.1) is 0 Å². The fourth-order valence-electron chi connectivity index (χ4n) is 2.61. The first kappa shape index (κ1) is 14.1. The molecule has 4 N–H and O–H groups in total. The Bertz CT molecular complexity index is 355. The molecular formula is C12H21N3O4. The summed E-state index contributed by atoms with van der Waals surface area (Å²) in [6.45, 7) is 2.52. The molecule has 2 aliphatic heterocycles. The second kappa shape index (κ2) is 5.75. The summed E-state index contributed by atoms with van der Waals surface area (Å²) in [5.74, 6) is -0.667. The molecule has 2 aliphatic rings. The van der Waals surface area contributed by atoms with Crippen molar-refractivity contribution >= 4 is 12.0 Å². The summed E-state index contributed by atoms with van der Waals surface area (Å²) in [7, 11) is 0. The number of ether oxygens (including phenoxy) is 1. The number of hydrogen-bond acceptors (Lipinski definition) is 4. The van der Waals surface area contributed by atoms with Gasteiger partial charge in [-0.25, -0.2) is 9.59 Å². The smallest absolute Gasteiger partial charge is 0.329 e. The SMILES string of the molecule is NCC1CCN(C(=O)NC2(C(=O)O)CCOCC2)C1. The van der Waals surface area contributed by atoms with Crippen LogP contribution in [0.25, 0.3) is 0 Å². The number of urea groups is 1. The third-order valence-corrected chi connectivity index (χ3v) is 4.01. The van der Waals surface area contributed by atoms with Gasteiger partial charge in [0.25, 0.3) is 0 Å². The average molecular weight is 271 g/mol. The number of carboxylic acids is 1. The predicted molar refractivity (Wildman–Crippen MR) is 67.7 cm³/mol. The van der Waals surface area contributed by atoms with Gasteiger partial charge < -0.3 is 25.8 Å². The van der Waals surface area contributed by atoms with Crippen molar-refractivity contribution in [2.45, 2.75) is 24.8 Å². The Kier molecular flexibility index (Phi) is 4.26. The highest BCUT2D eigenvalue weighted by molar-refractivity contribution is 5.86. The maximum atomic E-state index is 12.2. The molecule has 0 aromatic carbocycles. The van der Waals surface area contributed by atoms with E-state index in [1.807, 2.05) is 0 Å². The molecule has 0 saturated carbocycles. The Labute approximate surface area is 112 Å². The zero-order valence-electron chi connectivity index (χ0n) is 10.9. The molecule has 7 nitrogen and oxygen atoms in total. The van der Waals surface area contributed by atoms with Crippen molar-refractivity contribution in [3.05, 3.63) is 0 Å². The minimum Gasteiger partial charge on any atom is -0.480 e. The van der Waals surface area contributed by atoms with E-state index in [9.17, 15) is 14.7 Å². The Morgan fingerprint density at radius 2 is 2.11 bits per heavy atom. The van der Waals surface area contributed by atoms with Gasteiger partial charge in [0.1, 0.15) is 5.54 Å².